The number of aromatic nitrogens is 4. The number of aryl methyl sites for hydroxylation is 1. The van der Waals surface area contributed by atoms with Gasteiger partial charge >= 0.3 is 0 Å². The summed E-state index contributed by atoms with van der Waals surface area (Å²) >= 11 is 0. The van der Waals surface area contributed by atoms with Gasteiger partial charge in [-0.2, -0.15) is 5.10 Å². The minimum atomic E-state index is -0.244. The molecule has 6 nitrogen and oxygen atoms in total. The molecule has 0 fully saturated rings. The molecule has 3 heterocycles. The second-order valence-corrected chi connectivity index (χ2v) is 4.58. The summed E-state index contributed by atoms with van der Waals surface area (Å²) in [5, 5.41) is 4.10. The summed E-state index contributed by atoms with van der Waals surface area (Å²) in [6.45, 7) is 0. The second kappa shape index (κ2) is 5.16. The highest BCUT2D eigenvalue weighted by Crippen LogP contribution is 2.18. The molecule has 0 spiro atoms. The van der Waals surface area contributed by atoms with Crippen LogP contribution in [0.15, 0.2) is 48.9 Å². The molecule has 0 atom stereocenters. The van der Waals surface area contributed by atoms with Gasteiger partial charge in [-0.05, 0) is 24.3 Å². The van der Waals surface area contributed by atoms with E-state index in [1.165, 1.54) is 0 Å². The van der Waals surface area contributed by atoms with Gasteiger partial charge in [0, 0.05) is 25.0 Å². The van der Waals surface area contributed by atoms with Crippen LogP contribution in [-0.2, 0) is 7.05 Å². The van der Waals surface area contributed by atoms with Gasteiger partial charge in [-0.25, -0.2) is 9.97 Å². The number of ketones is 1. The first kappa shape index (κ1) is 13.0. The minimum absolute atomic E-state index is 0.205. The highest BCUT2D eigenvalue weighted by atomic mass is 16.1. The predicted octanol–water partition coefficient (Wildman–Crippen LogP) is 1.69. The number of anilines is 1. The van der Waals surface area contributed by atoms with E-state index < -0.39 is 0 Å². The van der Waals surface area contributed by atoms with Gasteiger partial charge in [-0.1, -0.05) is 6.07 Å². The molecule has 0 aromatic carbocycles. The number of nitrogens with two attached hydrogens (primary N) is 1. The molecule has 21 heavy (non-hydrogen) atoms. The van der Waals surface area contributed by atoms with Crippen molar-refractivity contribution >= 4 is 11.6 Å². The normalized spacial score (nSPS) is 10.5. The van der Waals surface area contributed by atoms with Crippen LogP contribution in [0.2, 0.25) is 0 Å². The van der Waals surface area contributed by atoms with Crippen molar-refractivity contribution in [2.45, 2.75) is 0 Å². The molecule has 104 valence electrons. The first-order valence-electron chi connectivity index (χ1n) is 6.36. The Balaban J connectivity index is 2.00. The molecule has 0 aliphatic heterocycles. The topological polar surface area (TPSA) is 86.7 Å². The van der Waals surface area contributed by atoms with E-state index in [1.54, 1.807) is 41.3 Å². The molecule has 6 heteroatoms. The van der Waals surface area contributed by atoms with E-state index in [-0.39, 0.29) is 11.6 Å². The Morgan fingerprint density at radius 1 is 1.24 bits per heavy atom. The van der Waals surface area contributed by atoms with Gasteiger partial charge in [0.05, 0.1) is 17.5 Å². The third-order valence-electron chi connectivity index (χ3n) is 3.07. The molecule has 0 amide bonds. The van der Waals surface area contributed by atoms with E-state index in [0.29, 0.717) is 17.0 Å². The van der Waals surface area contributed by atoms with E-state index in [1.807, 2.05) is 19.3 Å². The van der Waals surface area contributed by atoms with Crippen LogP contribution in [0.3, 0.4) is 0 Å². The zero-order chi connectivity index (χ0) is 14.8. The second-order valence-electron chi connectivity index (χ2n) is 4.58. The van der Waals surface area contributed by atoms with E-state index in [9.17, 15) is 4.79 Å². The van der Waals surface area contributed by atoms with E-state index in [0.717, 1.165) is 5.56 Å². The molecule has 0 saturated heterocycles. The highest BCUT2D eigenvalue weighted by Gasteiger charge is 2.15. The maximum Gasteiger partial charge on any atom is 0.215 e. The molecule has 0 radical (unpaired) electrons. The minimum Gasteiger partial charge on any atom is -0.383 e. The van der Waals surface area contributed by atoms with Gasteiger partial charge in [0.15, 0.2) is 0 Å². The Kier molecular flexibility index (Phi) is 3.19. The lowest BCUT2D eigenvalue weighted by molar-refractivity contribution is 0.103. The van der Waals surface area contributed by atoms with E-state index in [4.69, 9.17) is 5.73 Å². The summed E-state index contributed by atoms with van der Waals surface area (Å²) in [5.74, 6) is -0.0394. The maximum atomic E-state index is 12.5. The third-order valence-corrected chi connectivity index (χ3v) is 3.07. The lowest BCUT2D eigenvalue weighted by Crippen LogP contribution is -2.08. The SMILES string of the molecule is Cn1cc(-c2cccc(C(=O)c3cccnc3N)n2)cn1. The number of nitrogens with zero attached hydrogens (tertiary/aromatic N) is 4. The largest absolute Gasteiger partial charge is 0.383 e. The van der Waals surface area contributed by atoms with Crippen LogP contribution < -0.4 is 5.73 Å². The Bertz CT molecular complexity index is 809. The zero-order valence-electron chi connectivity index (χ0n) is 11.4. The van der Waals surface area contributed by atoms with Crippen LogP contribution in [0.5, 0.6) is 0 Å². The van der Waals surface area contributed by atoms with Crippen LogP contribution in [0.4, 0.5) is 5.82 Å². The van der Waals surface area contributed by atoms with Crippen LogP contribution in [0.1, 0.15) is 16.1 Å². The molecule has 0 bridgehead atoms. The fourth-order valence-electron chi connectivity index (χ4n) is 2.02. The monoisotopic (exact) mass is 279 g/mol. The van der Waals surface area contributed by atoms with Gasteiger partial charge in [0.1, 0.15) is 11.5 Å². The predicted molar refractivity (Wildman–Crippen MR) is 78.5 cm³/mol. The Morgan fingerprint density at radius 3 is 2.81 bits per heavy atom. The standard InChI is InChI=1S/C15H13N5O/c1-20-9-10(8-18-20)12-5-2-6-13(19-12)14(21)11-4-3-7-17-15(11)16/h2-9H,1H3,(H2,16,17). The molecule has 0 saturated carbocycles. The van der Waals surface area contributed by atoms with Crippen molar-refractivity contribution in [2.75, 3.05) is 5.73 Å². The number of rotatable bonds is 3. The number of pyridine rings is 2. The van der Waals surface area contributed by atoms with Crippen LogP contribution in [-0.4, -0.2) is 25.5 Å². The first-order chi connectivity index (χ1) is 10.1. The first-order valence-corrected chi connectivity index (χ1v) is 6.36. The molecular weight excluding hydrogens is 266 g/mol. The molecule has 3 aromatic heterocycles. The fraction of sp³-hybridized carbons (Fsp3) is 0.0667. The molecule has 0 aliphatic carbocycles. The zero-order valence-corrected chi connectivity index (χ0v) is 11.4. The Morgan fingerprint density at radius 2 is 2.10 bits per heavy atom. The highest BCUT2D eigenvalue weighted by molar-refractivity contribution is 6.10. The molecule has 3 rings (SSSR count). The average Bonchev–Trinajstić information content (AvgIpc) is 2.94. The Labute approximate surface area is 121 Å². The van der Waals surface area contributed by atoms with Crippen molar-refractivity contribution in [1.29, 1.82) is 0 Å². The summed E-state index contributed by atoms with van der Waals surface area (Å²) in [6.07, 6.45) is 5.09. The van der Waals surface area contributed by atoms with Crippen molar-refractivity contribution in [2.24, 2.45) is 7.05 Å². The molecular formula is C15H13N5O. The molecule has 0 aliphatic rings. The van der Waals surface area contributed by atoms with Gasteiger partial charge < -0.3 is 5.73 Å². The summed E-state index contributed by atoms with van der Waals surface area (Å²) < 4.78 is 1.69. The average molecular weight is 279 g/mol. The number of hydrogen-bond acceptors (Lipinski definition) is 5. The third kappa shape index (κ3) is 2.51. The number of carbonyl (C=O) groups excluding carboxylic acids is 1. The van der Waals surface area contributed by atoms with E-state index in [2.05, 4.69) is 15.1 Å². The summed E-state index contributed by atoms with van der Waals surface area (Å²) in [6, 6.07) is 8.60. The maximum absolute atomic E-state index is 12.5. The lowest BCUT2D eigenvalue weighted by Gasteiger charge is -2.04. The number of hydrogen-bond donors (Lipinski definition) is 1. The van der Waals surface area contributed by atoms with Crippen LogP contribution >= 0.6 is 0 Å². The smallest absolute Gasteiger partial charge is 0.215 e. The molecule has 0 unspecified atom stereocenters. The van der Waals surface area contributed by atoms with Crippen LogP contribution in [0, 0.1) is 0 Å². The van der Waals surface area contributed by atoms with Gasteiger partial charge in [0.25, 0.3) is 0 Å². The molecule has 3 aromatic rings. The van der Waals surface area contributed by atoms with Crippen molar-refractivity contribution in [1.82, 2.24) is 19.7 Å². The quantitative estimate of drug-likeness (QED) is 0.737. The summed E-state index contributed by atoms with van der Waals surface area (Å²) in [4.78, 5) is 20.8. The summed E-state index contributed by atoms with van der Waals surface area (Å²) in [5.41, 5.74) is 7.97. The van der Waals surface area contributed by atoms with Gasteiger partial charge in [-0.3, -0.25) is 9.48 Å². The molecule has 2 N–H and O–H groups in total. The van der Waals surface area contributed by atoms with Gasteiger partial charge in [-0.15, -0.1) is 0 Å². The number of carbonyl (C=O) groups is 1. The van der Waals surface area contributed by atoms with Crippen LogP contribution in [0.25, 0.3) is 11.3 Å². The Hall–Kier alpha value is -3.02. The summed E-state index contributed by atoms with van der Waals surface area (Å²) in [7, 11) is 1.83. The van der Waals surface area contributed by atoms with Crippen molar-refractivity contribution in [3.63, 3.8) is 0 Å². The van der Waals surface area contributed by atoms with E-state index >= 15 is 0 Å². The van der Waals surface area contributed by atoms with Gasteiger partial charge in [0.2, 0.25) is 5.78 Å². The van der Waals surface area contributed by atoms with Crippen molar-refractivity contribution < 1.29 is 4.79 Å². The fourth-order valence-corrected chi connectivity index (χ4v) is 2.02. The lowest BCUT2D eigenvalue weighted by atomic mass is 10.1. The van der Waals surface area contributed by atoms with Crippen molar-refractivity contribution in [3.05, 3.63) is 60.2 Å². The number of nitrogen functional groups attached to an aromatic ring is 1. The van der Waals surface area contributed by atoms with Crippen molar-refractivity contribution in [3.8, 4) is 11.3 Å².